The van der Waals surface area contributed by atoms with Crippen LogP contribution in [0.3, 0.4) is 0 Å². The van der Waals surface area contributed by atoms with Gasteiger partial charge in [0, 0.05) is 19.0 Å². The van der Waals surface area contributed by atoms with Crippen LogP contribution in [-0.4, -0.2) is 22.9 Å². The summed E-state index contributed by atoms with van der Waals surface area (Å²) in [5.41, 5.74) is 1.05. The van der Waals surface area contributed by atoms with Crippen LogP contribution in [-0.2, 0) is 0 Å². The van der Waals surface area contributed by atoms with Gasteiger partial charge in [-0.1, -0.05) is 11.3 Å². The molecule has 0 amide bonds. The summed E-state index contributed by atoms with van der Waals surface area (Å²) in [4.78, 5) is 19.1. The zero-order valence-corrected chi connectivity index (χ0v) is 11.1. The Bertz CT molecular complexity index is 423. The van der Waals surface area contributed by atoms with E-state index in [-0.39, 0.29) is 11.3 Å². The Morgan fingerprint density at radius 1 is 1.50 bits per heavy atom. The van der Waals surface area contributed by atoms with Crippen molar-refractivity contribution in [1.82, 2.24) is 4.98 Å². The molecule has 2 rings (SSSR count). The fourth-order valence-electron chi connectivity index (χ4n) is 2.29. The van der Waals surface area contributed by atoms with Gasteiger partial charge in [-0.15, -0.1) is 0 Å². The van der Waals surface area contributed by atoms with Crippen LogP contribution in [0.15, 0.2) is 0 Å². The van der Waals surface area contributed by atoms with E-state index in [0.717, 1.165) is 22.2 Å². The fourth-order valence-corrected chi connectivity index (χ4v) is 3.44. The van der Waals surface area contributed by atoms with Gasteiger partial charge in [-0.3, -0.25) is 4.79 Å². The molecule has 88 valence electrons. The molecule has 0 unspecified atom stereocenters. The predicted octanol–water partition coefficient (Wildman–Crippen LogP) is 3.03. The maximum Gasteiger partial charge on any atom is 0.186 e. The first-order chi connectivity index (χ1) is 7.42. The van der Waals surface area contributed by atoms with Crippen molar-refractivity contribution in [2.24, 2.45) is 0 Å². The van der Waals surface area contributed by atoms with E-state index >= 15 is 0 Å². The molecule has 0 aliphatic carbocycles. The second-order valence-electron chi connectivity index (χ2n) is 5.03. The van der Waals surface area contributed by atoms with Gasteiger partial charge in [0.05, 0.1) is 10.6 Å². The maximum atomic E-state index is 11.4. The van der Waals surface area contributed by atoms with Gasteiger partial charge in [0.25, 0.3) is 0 Å². The van der Waals surface area contributed by atoms with Crippen LogP contribution in [0.4, 0.5) is 5.13 Å². The van der Waals surface area contributed by atoms with Crippen molar-refractivity contribution in [2.75, 3.05) is 11.4 Å². The molecule has 1 saturated heterocycles. The van der Waals surface area contributed by atoms with E-state index in [0.29, 0.717) is 0 Å². The summed E-state index contributed by atoms with van der Waals surface area (Å²) >= 11 is 1.53. The van der Waals surface area contributed by atoms with Crippen LogP contribution in [0, 0.1) is 6.92 Å². The Hall–Kier alpha value is -0.900. The Labute approximate surface area is 100 Å². The van der Waals surface area contributed by atoms with E-state index in [2.05, 4.69) is 23.7 Å². The molecule has 2 heterocycles. The number of anilines is 1. The Morgan fingerprint density at radius 3 is 2.62 bits per heavy atom. The third kappa shape index (κ3) is 1.86. The lowest BCUT2D eigenvalue weighted by atomic mass is 10.0. The summed E-state index contributed by atoms with van der Waals surface area (Å²) in [7, 11) is 0. The molecule has 4 heteroatoms. The number of ketones is 1. The molecule has 0 saturated carbocycles. The highest BCUT2D eigenvalue weighted by atomic mass is 32.1. The highest BCUT2D eigenvalue weighted by Gasteiger charge is 2.34. The molecule has 3 nitrogen and oxygen atoms in total. The summed E-state index contributed by atoms with van der Waals surface area (Å²) < 4.78 is 0. The van der Waals surface area contributed by atoms with Gasteiger partial charge in [-0.05, 0) is 33.6 Å². The third-order valence-corrected chi connectivity index (χ3v) is 4.52. The molecule has 1 aromatic heterocycles. The first-order valence-corrected chi connectivity index (χ1v) is 6.49. The Morgan fingerprint density at radius 2 is 2.19 bits per heavy atom. The van der Waals surface area contributed by atoms with Crippen LogP contribution in [0.2, 0.25) is 0 Å². The first-order valence-electron chi connectivity index (χ1n) is 5.68. The zero-order chi connectivity index (χ0) is 11.9. The van der Waals surface area contributed by atoms with Crippen molar-refractivity contribution >= 4 is 22.3 Å². The summed E-state index contributed by atoms with van der Waals surface area (Å²) in [6, 6.07) is 0. The first kappa shape index (κ1) is 11.6. The van der Waals surface area contributed by atoms with Crippen molar-refractivity contribution in [3.05, 3.63) is 10.6 Å². The maximum absolute atomic E-state index is 11.4. The number of carbonyl (C=O) groups excluding carboxylic acids is 1. The Balaban J connectivity index is 2.35. The summed E-state index contributed by atoms with van der Waals surface area (Å²) in [6.45, 7) is 9.06. The number of thiazole rings is 1. The molecular formula is C12H18N2OS. The molecule has 0 bridgehead atoms. The average molecular weight is 238 g/mol. The predicted molar refractivity (Wildman–Crippen MR) is 67.5 cm³/mol. The molecule has 1 fully saturated rings. The van der Waals surface area contributed by atoms with Gasteiger partial charge >= 0.3 is 0 Å². The molecule has 1 aliphatic heterocycles. The smallest absolute Gasteiger partial charge is 0.186 e. The van der Waals surface area contributed by atoms with Gasteiger partial charge in [0.2, 0.25) is 0 Å². The van der Waals surface area contributed by atoms with Crippen molar-refractivity contribution in [3.8, 4) is 0 Å². The van der Waals surface area contributed by atoms with Gasteiger partial charge in [0.1, 0.15) is 0 Å². The van der Waals surface area contributed by atoms with E-state index in [1.807, 2.05) is 6.92 Å². The minimum Gasteiger partial charge on any atom is -0.343 e. The topological polar surface area (TPSA) is 33.2 Å². The number of nitrogens with zero attached hydrogens (tertiary/aromatic N) is 2. The van der Waals surface area contributed by atoms with Crippen LogP contribution in [0.1, 0.15) is 49.0 Å². The quantitative estimate of drug-likeness (QED) is 0.742. The van der Waals surface area contributed by atoms with Crippen LogP contribution < -0.4 is 4.90 Å². The summed E-state index contributed by atoms with van der Waals surface area (Å²) in [6.07, 6.45) is 2.40. The number of hydrogen-bond acceptors (Lipinski definition) is 4. The number of aromatic nitrogens is 1. The monoisotopic (exact) mass is 238 g/mol. The second kappa shape index (κ2) is 3.84. The lowest BCUT2D eigenvalue weighted by Gasteiger charge is -2.31. The molecule has 0 spiro atoms. The van der Waals surface area contributed by atoms with E-state index < -0.39 is 0 Å². The molecule has 16 heavy (non-hydrogen) atoms. The SMILES string of the molecule is CC(=O)c1sc(N2CCCC2(C)C)nc1C. The number of Topliss-reactive ketones (excluding diaryl/α,β-unsaturated/α-hetero) is 1. The summed E-state index contributed by atoms with van der Waals surface area (Å²) in [5.74, 6) is 0.123. The summed E-state index contributed by atoms with van der Waals surface area (Å²) in [5, 5.41) is 1.00. The number of rotatable bonds is 2. The molecular weight excluding hydrogens is 220 g/mol. The molecule has 1 aromatic rings. The molecule has 1 aliphatic rings. The number of aryl methyl sites for hydroxylation is 1. The van der Waals surface area contributed by atoms with Gasteiger partial charge < -0.3 is 4.90 Å². The van der Waals surface area contributed by atoms with Crippen molar-refractivity contribution in [3.63, 3.8) is 0 Å². The standard InChI is InChI=1S/C12H18N2OS/c1-8-10(9(2)15)16-11(13-8)14-7-5-6-12(14,3)4/h5-7H2,1-4H3. The van der Waals surface area contributed by atoms with Gasteiger partial charge in [0.15, 0.2) is 10.9 Å². The minimum absolute atomic E-state index is 0.123. The molecule has 0 aromatic carbocycles. The van der Waals surface area contributed by atoms with E-state index in [1.54, 1.807) is 6.92 Å². The normalized spacial score (nSPS) is 19.1. The van der Waals surface area contributed by atoms with Crippen molar-refractivity contribution < 1.29 is 4.79 Å². The van der Waals surface area contributed by atoms with Crippen LogP contribution >= 0.6 is 11.3 Å². The zero-order valence-electron chi connectivity index (χ0n) is 10.3. The number of carbonyl (C=O) groups is 1. The van der Waals surface area contributed by atoms with E-state index in [4.69, 9.17) is 0 Å². The average Bonchev–Trinajstić information content (AvgIpc) is 2.68. The van der Waals surface area contributed by atoms with Gasteiger partial charge in [-0.2, -0.15) is 0 Å². The second-order valence-corrected chi connectivity index (χ2v) is 6.01. The molecule has 0 atom stereocenters. The van der Waals surface area contributed by atoms with Crippen molar-refractivity contribution in [1.29, 1.82) is 0 Å². The lowest BCUT2D eigenvalue weighted by molar-refractivity contribution is 0.102. The van der Waals surface area contributed by atoms with E-state index in [9.17, 15) is 4.79 Å². The minimum atomic E-state index is 0.123. The van der Waals surface area contributed by atoms with Gasteiger partial charge in [-0.25, -0.2) is 4.98 Å². The highest BCUT2D eigenvalue weighted by molar-refractivity contribution is 7.17. The number of hydrogen-bond donors (Lipinski definition) is 0. The molecule has 0 N–H and O–H groups in total. The lowest BCUT2D eigenvalue weighted by Crippen LogP contribution is -2.38. The molecule has 0 radical (unpaired) electrons. The van der Waals surface area contributed by atoms with Crippen LogP contribution in [0.5, 0.6) is 0 Å². The third-order valence-electron chi connectivity index (χ3n) is 3.24. The fraction of sp³-hybridized carbons (Fsp3) is 0.667. The van der Waals surface area contributed by atoms with Crippen molar-refractivity contribution in [2.45, 2.75) is 46.1 Å². The highest BCUT2D eigenvalue weighted by Crippen LogP contribution is 2.36. The van der Waals surface area contributed by atoms with E-state index in [1.165, 1.54) is 24.2 Å². The van der Waals surface area contributed by atoms with Crippen LogP contribution in [0.25, 0.3) is 0 Å². The Kier molecular flexibility index (Phi) is 2.78. The largest absolute Gasteiger partial charge is 0.343 e.